The Balaban J connectivity index is 1.20. The molecule has 0 bridgehead atoms. The first-order chi connectivity index (χ1) is 16.3. The van der Waals surface area contributed by atoms with Crippen LogP contribution in [0.2, 0.25) is 0 Å². The number of piperidine rings is 1. The van der Waals surface area contributed by atoms with Crippen LogP contribution in [0, 0.1) is 11.8 Å². The standard InChI is InChI=1S/C27H39N3O4/c1-27(2,3)34-26(32)30-16-12-20(13-17-30)19-33-23-10-11-24(28-18-23)21-6-8-22(9-7-21)25(31)29-14-4-5-15-29/h6,10-11,18,20,22H,4-5,7-9,12-17,19H2,1-3H3. The van der Waals surface area contributed by atoms with Crippen molar-refractivity contribution in [3.05, 3.63) is 30.1 Å². The van der Waals surface area contributed by atoms with Crippen molar-refractivity contribution in [2.75, 3.05) is 32.8 Å². The van der Waals surface area contributed by atoms with E-state index in [4.69, 9.17) is 9.47 Å². The second-order valence-corrected chi connectivity index (χ2v) is 10.8. The number of likely N-dealkylation sites (tertiary alicyclic amines) is 2. The van der Waals surface area contributed by atoms with Crippen molar-refractivity contribution in [1.29, 1.82) is 0 Å². The molecule has 1 atom stereocenters. The highest BCUT2D eigenvalue weighted by molar-refractivity contribution is 5.80. The molecule has 0 spiro atoms. The number of amides is 2. The molecule has 1 aromatic rings. The molecule has 7 nitrogen and oxygen atoms in total. The van der Waals surface area contributed by atoms with Crippen LogP contribution in [0.3, 0.4) is 0 Å². The van der Waals surface area contributed by atoms with Gasteiger partial charge in [0, 0.05) is 32.1 Å². The minimum atomic E-state index is -0.462. The number of carbonyl (C=O) groups is 2. The monoisotopic (exact) mass is 469 g/mol. The van der Waals surface area contributed by atoms with Gasteiger partial charge in [0.05, 0.1) is 18.5 Å². The Hall–Kier alpha value is -2.57. The number of pyridine rings is 1. The fourth-order valence-corrected chi connectivity index (χ4v) is 4.97. The Bertz CT molecular complexity index is 876. The maximum atomic E-state index is 12.6. The zero-order chi connectivity index (χ0) is 24.1. The summed E-state index contributed by atoms with van der Waals surface area (Å²) < 4.78 is 11.5. The number of allylic oxidation sites excluding steroid dienone is 2. The van der Waals surface area contributed by atoms with Gasteiger partial charge < -0.3 is 19.3 Å². The summed E-state index contributed by atoms with van der Waals surface area (Å²) in [5.74, 6) is 1.66. The van der Waals surface area contributed by atoms with Crippen molar-refractivity contribution in [1.82, 2.24) is 14.8 Å². The highest BCUT2D eigenvalue weighted by Crippen LogP contribution is 2.31. The number of ether oxygens (including phenoxy) is 2. The first kappa shape index (κ1) is 24.6. The van der Waals surface area contributed by atoms with Crippen LogP contribution in [0.5, 0.6) is 5.75 Å². The molecule has 1 aromatic heterocycles. The average molecular weight is 470 g/mol. The van der Waals surface area contributed by atoms with E-state index in [1.165, 1.54) is 5.57 Å². The topological polar surface area (TPSA) is 72.0 Å². The van der Waals surface area contributed by atoms with E-state index in [1.807, 2.05) is 37.8 Å². The first-order valence-electron chi connectivity index (χ1n) is 12.8. The molecule has 4 rings (SSSR count). The summed E-state index contributed by atoms with van der Waals surface area (Å²) in [5, 5.41) is 0. The van der Waals surface area contributed by atoms with Gasteiger partial charge in [-0.3, -0.25) is 9.78 Å². The van der Waals surface area contributed by atoms with E-state index in [2.05, 4.69) is 11.1 Å². The van der Waals surface area contributed by atoms with Gasteiger partial charge in [0.15, 0.2) is 0 Å². The first-order valence-corrected chi connectivity index (χ1v) is 12.8. The lowest BCUT2D eigenvalue weighted by molar-refractivity contribution is -0.134. The van der Waals surface area contributed by atoms with E-state index < -0.39 is 5.60 Å². The van der Waals surface area contributed by atoms with Gasteiger partial charge >= 0.3 is 6.09 Å². The fraction of sp³-hybridized carbons (Fsp3) is 0.667. The molecule has 0 radical (unpaired) electrons. The molecule has 2 amide bonds. The summed E-state index contributed by atoms with van der Waals surface area (Å²) in [7, 11) is 0. The van der Waals surface area contributed by atoms with Crippen molar-refractivity contribution in [2.45, 2.75) is 71.3 Å². The van der Waals surface area contributed by atoms with E-state index in [0.717, 1.165) is 69.5 Å². The average Bonchev–Trinajstić information content (AvgIpc) is 3.37. The van der Waals surface area contributed by atoms with Crippen molar-refractivity contribution in [3.8, 4) is 5.75 Å². The van der Waals surface area contributed by atoms with Crippen LogP contribution in [0.25, 0.3) is 5.57 Å². The maximum Gasteiger partial charge on any atom is 0.410 e. The molecule has 186 valence electrons. The molecule has 2 saturated heterocycles. The zero-order valence-corrected chi connectivity index (χ0v) is 20.9. The van der Waals surface area contributed by atoms with Crippen molar-refractivity contribution in [2.24, 2.45) is 11.8 Å². The Morgan fingerprint density at radius 1 is 1.03 bits per heavy atom. The normalized spacial score (nSPS) is 21.9. The third kappa shape index (κ3) is 6.51. The lowest BCUT2D eigenvalue weighted by atomic mass is 9.87. The minimum Gasteiger partial charge on any atom is -0.492 e. The number of carbonyl (C=O) groups excluding carboxylic acids is 2. The number of hydrogen-bond acceptors (Lipinski definition) is 5. The van der Waals surface area contributed by atoms with Gasteiger partial charge in [-0.15, -0.1) is 0 Å². The molecule has 1 unspecified atom stereocenters. The molecule has 34 heavy (non-hydrogen) atoms. The molecule has 2 fully saturated rings. The number of rotatable bonds is 5. The van der Waals surface area contributed by atoms with E-state index in [1.54, 1.807) is 11.1 Å². The van der Waals surface area contributed by atoms with Gasteiger partial charge in [0.1, 0.15) is 11.4 Å². The lowest BCUT2D eigenvalue weighted by Gasteiger charge is -2.33. The van der Waals surface area contributed by atoms with Crippen LogP contribution >= 0.6 is 0 Å². The molecule has 2 aliphatic heterocycles. The Morgan fingerprint density at radius 2 is 1.76 bits per heavy atom. The summed E-state index contributed by atoms with van der Waals surface area (Å²) in [6.45, 7) is 9.57. The smallest absolute Gasteiger partial charge is 0.410 e. The molecule has 0 saturated carbocycles. The van der Waals surface area contributed by atoms with Gasteiger partial charge in [-0.1, -0.05) is 6.08 Å². The van der Waals surface area contributed by atoms with Crippen molar-refractivity contribution < 1.29 is 19.1 Å². The predicted octanol–water partition coefficient (Wildman–Crippen LogP) is 4.91. The molecule has 3 heterocycles. The maximum absolute atomic E-state index is 12.6. The van der Waals surface area contributed by atoms with Gasteiger partial charge in [0.25, 0.3) is 0 Å². The molecule has 0 N–H and O–H groups in total. The SMILES string of the molecule is CC(C)(C)OC(=O)N1CCC(COc2ccc(C3=CCC(C(=O)N4CCCC4)CC3)nc2)CC1. The molecular weight excluding hydrogens is 430 g/mol. The second-order valence-electron chi connectivity index (χ2n) is 10.8. The van der Waals surface area contributed by atoms with Crippen LogP contribution in [-0.4, -0.2) is 65.2 Å². The van der Waals surface area contributed by atoms with Gasteiger partial charge in [-0.25, -0.2) is 4.79 Å². The quantitative estimate of drug-likeness (QED) is 0.612. The highest BCUT2D eigenvalue weighted by atomic mass is 16.6. The number of hydrogen-bond donors (Lipinski definition) is 0. The number of aromatic nitrogens is 1. The second kappa shape index (κ2) is 10.8. The van der Waals surface area contributed by atoms with Crippen LogP contribution in [-0.2, 0) is 9.53 Å². The van der Waals surface area contributed by atoms with Crippen LogP contribution < -0.4 is 4.74 Å². The molecule has 0 aromatic carbocycles. The Morgan fingerprint density at radius 3 is 2.35 bits per heavy atom. The lowest BCUT2D eigenvalue weighted by Crippen LogP contribution is -2.42. The third-order valence-electron chi connectivity index (χ3n) is 7.00. The summed E-state index contributed by atoms with van der Waals surface area (Å²) in [5.41, 5.74) is 1.74. The summed E-state index contributed by atoms with van der Waals surface area (Å²) in [6, 6.07) is 4.01. The van der Waals surface area contributed by atoms with Gasteiger partial charge in [-0.2, -0.15) is 0 Å². The fourth-order valence-electron chi connectivity index (χ4n) is 4.97. The van der Waals surface area contributed by atoms with Crippen molar-refractivity contribution in [3.63, 3.8) is 0 Å². The molecule has 7 heteroatoms. The molecular formula is C27H39N3O4. The van der Waals surface area contributed by atoms with Crippen LogP contribution in [0.15, 0.2) is 24.4 Å². The van der Waals surface area contributed by atoms with Gasteiger partial charge in [0.2, 0.25) is 5.91 Å². The van der Waals surface area contributed by atoms with E-state index in [-0.39, 0.29) is 12.0 Å². The van der Waals surface area contributed by atoms with E-state index >= 15 is 0 Å². The summed E-state index contributed by atoms with van der Waals surface area (Å²) in [4.78, 5) is 33.3. The third-order valence-corrected chi connectivity index (χ3v) is 7.00. The summed E-state index contributed by atoms with van der Waals surface area (Å²) >= 11 is 0. The van der Waals surface area contributed by atoms with E-state index in [0.29, 0.717) is 31.5 Å². The van der Waals surface area contributed by atoms with Crippen LogP contribution in [0.1, 0.15) is 71.4 Å². The largest absolute Gasteiger partial charge is 0.492 e. The minimum absolute atomic E-state index is 0.131. The Kier molecular flexibility index (Phi) is 7.79. The van der Waals surface area contributed by atoms with Gasteiger partial charge in [-0.05, 0) is 89.3 Å². The van der Waals surface area contributed by atoms with Crippen LogP contribution in [0.4, 0.5) is 4.79 Å². The molecule has 1 aliphatic carbocycles. The number of nitrogens with zero attached hydrogens (tertiary/aromatic N) is 3. The zero-order valence-electron chi connectivity index (χ0n) is 20.9. The van der Waals surface area contributed by atoms with E-state index in [9.17, 15) is 9.59 Å². The molecule has 3 aliphatic rings. The Labute approximate surface area is 203 Å². The van der Waals surface area contributed by atoms with Crippen molar-refractivity contribution >= 4 is 17.6 Å². The highest BCUT2D eigenvalue weighted by Gasteiger charge is 2.29. The predicted molar refractivity (Wildman–Crippen MR) is 131 cm³/mol. The summed E-state index contributed by atoms with van der Waals surface area (Å²) in [6.07, 6.45) is 10.5.